The highest BCUT2D eigenvalue weighted by Crippen LogP contribution is 2.34. The molecule has 1 fully saturated rings. The molecule has 2 N–H and O–H groups in total. The molecule has 0 aliphatic carbocycles. The van der Waals surface area contributed by atoms with Gasteiger partial charge in [0, 0.05) is 65.2 Å². The minimum atomic E-state index is -0.980. The van der Waals surface area contributed by atoms with Gasteiger partial charge in [-0.2, -0.15) is 0 Å². The average Bonchev–Trinajstić information content (AvgIpc) is 3.81. The van der Waals surface area contributed by atoms with Gasteiger partial charge < -0.3 is 14.9 Å². The summed E-state index contributed by atoms with van der Waals surface area (Å²) in [5.41, 5.74) is 2.99. The summed E-state index contributed by atoms with van der Waals surface area (Å²) in [6.45, 7) is 5.02. The Hall–Kier alpha value is -3.88. The minimum absolute atomic E-state index is 0.0703. The van der Waals surface area contributed by atoms with Gasteiger partial charge in [-0.3, -0.25) is 29.0 Å². The third-order valence-electron chi connectivity index (χ3n) is 8.76. The van der Waals surface area contributed by atoms with E-state index in [1.165, 1.54) is 32.5 Å². The van der Waals surface area contributed by atoms with Crippen molar-refractivity contribution in [2.45, 2.75) is 46.0 Å². The lowest BCUT2D eigenvalue weighted by Gasteiger charge is -2.27. The molecule has 5 rings (SSSR count). The van der Waals surface area contributed by atoms with E-state index < -0.39 is 23.8 Å². The number of carboxylic acid groups (broad SMARTS) is 2. The van der Waals surface area contributed by atoms with Crippen molar-refractivity contribution in [2.24, 2.45) is 23.7 Å². The van der Waals surface area contributed by atoms with E-state index in [0.717, 1.165) is 24.0 Å². The zero-order valence-electron chi connectivity index (χ0n) is 29.3. The molecule has 1 aliphatic heterocycles. The number of ether oxygens (including phenoxy) is 1. The number of halogens is 2. The molecular weight excluding hydrogens is 747 g/mol. The normalized spacial score (nSPS) is 14.2. The molecule has 1 saturated heterocycles. The van der Waals surface area contributed by atoms with Gasteiger partial charge in [0.1, 0.15) is 0 Å². The van der Waals surface area contributed by atoms with Crippen LogP contribution >= 0.6 is 45.9 Å². The first-order valence-corrected chi connectivity index (χ1v) is 19.3. The molecule has 2 aromatic heterocycles. The zero-order valence-corrected chi connectivity index (χ0v) is 32.5. The van der Waals surface area contributed by atoms with Crippen molar-refractivity contribution in [1.29, 1.82) is 0 Å². The van der Waals surface area contributed by atoms with Crippen LogP contribution in [0.4, 0.5) is 10.3 Å². The van der Waals surface area contributed by atoms with Gasteiger partial charge in [0.2, 0.25) is 11.8 Å². The highest BCUT2D eigenvalue weighted by atomic mass is 35.5. The number of hydrogen-bond donors (Lipinski definition) is 2. The predicted octanol–water partition coefficient (Wildman–Crippen LogP) is 8.51. The van der Waals surface area contributed by atoms with Crippen LogP contribution < -0.4 is 9.80 Å². The molecular formula is C37H42Cl2N4O7S2. The summed E-state index contributed by atoms with van der Waals surface area (Å²) >= 11 is 15.1. The van der Waals surface area contributed by atoms with E-state index in [-0.39, 0.29) is 30.6 Å². The van der Waals surface area contributed by atoms with E-state index in [1.54, 1.807) is 26.2 Å². The molecule has 11 nitrogen and oxygen atoms in total. The fourth-order valence-electron chi connectivity index (χ4n) is 5.80. The fraction of sp³-hybridized carbons (Fsp3) is 0.405. The van der Waals surface area contributed by atoms with E-state index in [0.29, 0.717) is 57.2 Å². The first-order chi connectivity index (χ1) is 24.8. The molecule has 0 bridgehead atoms. The summed E-state index contributed by atoms with van der Waals surface area (Å²) in [5, 5.41) is 24.2. The smallest absolute Gasteiger partial charge is 0.304 e. The van der Waals surface area contributed by atoms with Gasteiger partial charge in [-0.15, -0.1) is 22.7 Å². The largest absolute Gasteiger partial charge is 0.481 e. The van der Waals surface area contributed by atoms with Gasteiger partial charge >= 0.3 is 11.9 Å². The maximum Gasteiger partial charge on any atom is 0.304 e. The topological polar surface area (TPSA) is 150 Å². The number of thiazole rings is 2. The molecule has 2 amide bonds. The van der Waals surface area contributed by atoms with Crippen molar-refractivity contribution in [3.05, 3.63) is 69.3 Å². The van der Waals surface area contributed by atoms with Crippen LogP contribution in [0.3, 0.4) is 0 Å². The molecule has 4 aromatic rings. The lowest BCUT2D eigenvalue weighted by atomic mass is 9.86. The maximum absolute atomic E-state index is 13.0. The molecule has 2 atom stereocenters. The summed E-state index contributed by atoms with van der Waals surface area (Å²) in [7, 11) is 3.27. The lowest BCUT2D eigenvalue weighted by molar-refractivity contribution is -0.141. The Morgan fingerprint density at radius 3 is 1.69 bits per heavy atom. The third kappa shape index (κ3) is 11.1. The maximum atomic E-state index is 13.0. The van der Waals surface area contributed by atoms with Crippen LogP contribution in [-0.2, 0) is 23.9 Å². The van der Waals surface area contributed by atoms with E-state index in [1.807, 2.05) is 61.0 Å². The Labute approximate surface area is 321 Å². The van der Waals surface area contributed by atoms with E-state index in [9.17, 15) is 24.3 Å². The molecule has 15 heteroatoms. The van der Waals surface area contributed by atoms with Crippen LogP contribution in [0.2, 0.25) is 10.0 Å². The Morgan fingerprint density at radius 1 is 0.788 bits per heavy atom. The molecule has 52 heavy (non-hydrogen) atoms. The van der Waals surface area contributed by atoms with E-state index in [4.69, 9.17) is 33.0 Å². The quantitative estimate of drug-likeness (QED) is 0.136. The standard InChI is InChI=1S/C20H23ClN2O4S.C17H19ClN2O3S/c1-23(20-22-17(12-28-20)15-4-2-3-5-16(15)21)19(26)14(11-18(24)25)10-13-6-8-27-9-7-13;1-10(2)12(8-15(21)22)16(23)20(3)17-19-14(9-24-17)11-6-4-5-7-13(11)18/h2-5,12-14H,6-11H2,1H3,(H,24,25);4-7,9-10,12H,8H2,1-3H3,(H,21,22). The number of benzene rings is 2. The first-order valence-electron chi connectivity index (χ1n) is 16.7. The minimum Gasteiger partial charge on any atom is -0.481 e. The highest BCUT2D eigenvalue weighted by Gasteiger charge is 2.31. The number of carbonyl (C=O) groups is 4. The number of hydrogen-bond acceptors (Lipinski definition) is 9. The lowest BCUT2D eigenvalue weighted by Crippen LogP contribution is -2.36. The first kappa shape index (κ1) is 40.9. The molecule has 0 radical (unpaired) electrons. The van der Waals surface area contributed by atoms with Crippen LogP contribution in [0.1, 0.15) is 46.0 Å². The van der Waals surface area contributed by atoms with Crippen molar-refractivity contribution in [3.63, 3.8) is 0 Å². The summed E-state index contributed by atoms with van der Waals surface area (Å²) in [6.07, 6.45) is 1.91. The Morgan fingerprint density at radius 2 is 1.25 bits per heavy atom. The van der Waals surface area contributed by atoms with Crippen molar-refractivity contribution < 1.29 is 34.1 Å². The summed E-state index contributed by atoms with van der Waals surface area (Å²) in [5.74, 6) is -3.31. The monoisotopic (exact) mass is 788 g/mol. The van der Waals surface area contributed by atoms with Crippen molar-refractivity contribution in [1.82, 2.24) is 9.97 Å². The molecule has 2 unspecified atom stereocenters. The summed E-state index contributed by atoms with van der Waals surface area (Å²) < 4.78 is 5.36. The van der Waals surface area contributed by atoms with Crippen molar-refractivity contribution in [3.8, 4) is 22.5 Å². The van der Waals surface area contributed by atoms with Gasteiger partial charge in [-0.25, -0.2) is 9.97 Å². The van der Waals surface area contributed by atoms with Crippen LogP contribution in [0.25, 0.3) is 22.5 Å². The summed E-state index contributed by atoms with van der Waals surface area (Å²) in [4.78, 5) is 59.9. The van der Waals surface area contributed by atoms with Crippen molar-refractivity contribution in [2.75, 3.05) is 37.1 Å². The molecule has 0 spiro atoms. The van der Waals surface area contributed by atoms with Crippen LogP contribution in [0.5, 0.6) is 0 Å². The zero-order chi connectivity index (χ0) is 37.9. The Kier molecular flexibility index (Phi) is 15.2. The molecule has 278 valence electrons. The molecule has 1 aliphatic rings. The second-order valence-electron chi connectivity index (χ2n) is 12.8. The van der Waals surface area contributed by atoms with Gasteiger partial charge in [0.25, 0.3) is 0 Å². The molecule has 3 heterocycles. The van der Waals surface area contributed by atoms with Crippen LogP contribution in [0, 0.1) is 23.7 Å². The highest BCUT2D eigenvalue weighted by molar-refractivity contribution is 7.14. The average molecular weight is 790 g/mol. The number of anilines is 2. The second kappa shape index (κ2) is 19.3. The predicted molar refractivity (Wildman–Crippen MR) is 206 cm³/mol. The second-order valence-corrected chi connectivity index (χ2v) is 15.3. The SMILES string of the molecule is CC(C)C(CC(=O)O)C(=O)N(C)c1nc(-c2ccccc2Cl)cs1.CN(C(=O)C(CC(=O)O)CC1CCOCC1)c1nc(-c2ccccc2Cl)cs1. The number of aromatic nitrogens is 2. The fourth-order valence-corrected chi connectivity index (χ4v) is 7.85. The number of rotatable bonds is 13. The Bertz CT molecular complexity index is 1840. The van der Waals surface area contributed by atoms with Crippen LogP contribution in [0.15, 0.2) is 59.3 Å². The van der Waals surface area contributed by atoms with Gasteiger partial charge in [-0.1, -0.05) is 73.4 Å². The van der Waals surface area contributed by atoms with Gasteiger partial charge in [0.15, 0.2) is 10.3 Å². The van der Waals surface area contributed by atoms with Gasteiger partial charge in [-0.05, 0) is 43.2 Å². The number of aliphatic carboxylic acids is 2. The third-order valence-corrected chi connectivity index (χ3v) is 11.3. The number of amides is 2. The van der Waals surface area contributed by atoms with Gasteiger partial charge in [0.05, 0.1) is 30.1 Å². The molecule has 0 saturated carbocycles. The number of carbonyl (C=O) groups excluding carboxylic acids is 2. The summed E-state index contributed by atoms with van der Waals surface area (Å²) in [6, 6.07) is 14.8. The van der Waals surface area contributed by atoms with Crippen LogP contribution in [-0.4, -0.2) is 71.2 Å². The van der Waals surface area contributed by atoms with Crippen molar-refractivity contribution >= 4 is 79.9 Å². The molecule has 2 aromatic carbocycles. The van der Waals surface area contributed by atoms with E-state index in [2.05, 4.69) is 9.97 Å². The Balaban J connectivity index is 0.000000236. The van der Waals surface area contributed by atoms with E-state index >= 15 is 0 Å². The number of carboxylic acids is 2. The number of nitrogens with zero attached hydrogens (tertiary/aromatic N) is 4.